The molecule has 0 radical (unpaired) electrons. The molecule has 0 bridgehead atoms. The van der Waals surface area contributed by atoms with Crippen molar-refractivity contribution in [3.8, 4) is 6.07 Å². The van der Waals surface area contributed by atoms with Crippen LogP contribution in [0.3, 0.4) is 0 Å². The third kappa shape index (κ3) is 5.07. The number of nitrogens with zero attached hydrogens (tertiary/aromatic N) is 3. The lowest BCUT2D eigenvalue weighted by Gasteiger charge is -2.34. The van der Waals surface area contributed by atoms with Crippen LogP contribution in [0.4, 0.5) is 0 Å². The van der Waals surface area contributed by atoms with Crippen LogP contribution in [0.25, 0.3) is 0 Å². The molecule has 7 heteroatoms. The number of amides is 1. The van der Waals surface area contributed by atoms with Crippen LogP contribution < -0.4 is 0 Å². The first-order valence-corrected chi connectivity index (χ1v) is 11.7. The van der Waals surface area contributed by atoms with E-state index in [9.17, 15) is 13.2 Å². The van der Waals surface area contributed by atoms with Gasteiger partial charge in [-0.05, 0) is 49.1 Å². The third-order valence-electron chi connectivity index (χ3n) is 5.38. The maximum Gasteiger partial charge on any atom is 0.243 e. The SMILES string of the molecule is CCCN(Cc1ccc(C#N)cc1)C(=O)C1CCCN(S(=O)(=O)c2ccccc2)C1. The van der Waals surface area contributed by atoms with Crippen LogP contribution in [0.15, 0.2) is 59.5 Å². The van der Waals surface area contributed by atoms with Gasteiger partial charge in [-0.3, -0.25) is 4.79 Å². The van der Waals surface area contributed by atoms with Gasteiger partial charge in [0.05, 0.1) is 22.4 Å². The maximum atomic E-state index is 13.3. The Balaban J connectivity index is 1.73. The monoisotopic (exact) mass is 425 g/mol. The fraction of sp³-hybridized carbons (Fsp3) is 0.391. The Morgan fingerprint density at radius 3 is 2.50 bits per heavy atom. The van der Waals surface area contributed by atoms with Crippen LogP contribution in [0.5, 0.6) is 0 Å². The van der Waals surface area contributed by atoms with Gasteiger partial charge in [0.1, 0.15) is 0 Å². The van der Waals surface area contributed by atoms with Crippen molar-refractivity contribution in [2.24, 2.45) is 5.92 Å². The van der Waals surface area contributed by atoms with Crippen LogP contribution >= 0.6 is 0 Å². The molecule has 2 aromatic carbocycles. The van der Waals surface area contributed by atoms with Gasteiger partial charge in [-0.2, -0.15) is 9.57 Å². The van der Waals surface area contributed by atoms with Crippen molar-refractivity contribution in [1.29, 1.82) is 5.26 Å². The smallest absolute Gasteiger partial charge is 0.243 e. The Labute approximate surface area is 178 Å². The van der Waals surface area contributed by atoms with E-state index in [2.05, 4.69) is 6.07 Å². The Kier molecular flexibility index (Phi) is 7.24. The van der Waals surface area contributed by atoms with Crippen LogP contribution in [0.1, 0.15) is 37.3 Å². The van der Waals surface area contributed by atoms with Crippen LogP contribution in [0, 0.1) is 17.2 Å². The second-order valence-electron chi connectivity index (χ2n) is 7.58. The minimum atomic E-state index is -3.60. The quantitative estimate of drug-likeness (QED) is 0.681. The summed E-state index contributed by atoms with van der Waals surface area (Å²) in [4.78, 5) is 15.4. The topological polar surface area (TPSA) is 81.5 Å². The Morgan fingerprint density at radius 2 is 1.87 bits per heavy atom. The summed E-state index contributed by atoms with van der Waals surface area (Å²) in [5.74, 6) is -0.351. The fourth-order valence-electron chi connectivity index (χ4n) is 3.80. The molecule has 0 saturated carbocycles. The first kappa shape index (κ1) is 22.0. The van der Waals surface area contributed by atoms with E-state index >= 15 is 0 Å². The maximum absolute atomic E-state index is 13.3. The van der Waals surface area contributed by atoms with Gasteiger partial charge < -0.3 is 4.90 Å². The van der Waals surface area contributed by atoms with Crippen molar-refractivity contribution in [3.05, 3.63) is 65.7 Å². The molecule has 0 N–H and O–H groups in total. The highest BCUT2D eigenvalue weighted by atomic mass is 32.2. The molecule has 1 aliphatic heterocycles. The van der Waals surface area contributed by atoms with Crippen molar-refractivity contribution >= 4 is 15.9 Å². The molecule has 1 unspecified atom stereocenters. The predicted molar refractivity (Wildman–Crippen MR) is 115 cm³/mol. The van der Waals surface area contributed by atoms with E-state index in [-0.39, 0.29) is 23.3 Å². The second-order valence-corrected chi connectivity index (χ2v) is 9.52. The lowest BCUT2D eigenvalue weighted by Crippen LogP contribution is -2.46. The highest BCUT2D eigenvalue weighted by molar-refractivity contribution is 7.89. The Bertz CT molecular complexity index is 998. The highest BCUT2D eigenvalue weighted by Crippen LogP contribution is 2.25. The lowest BCUT2D eigenvalue weighted by molar-refractivity contribution is -0.137. The number of carbonyl (C=O) groups excluding carboxylic acids is 1. The molecule has 1 fully saturated rings. The predicted octanol–water partition coefficient (Wildman–Crippen LogP) is 3.40. The number of hydrogen-bond acceptors (Lipinski definition) is 4. The zero-order valence-corrected chi connectivity index (χ0v) is 18.0. The summed E-state index contributed by atoms with van der Waals surface area (Å²) in [6.45, 7) is 3.74. The molecule has 1 aliphatic rings. The molecule has 2 aromatic rings. The average Bonchev–Trinajstić information content (AvgIpc) is 2.79. The molecule has 1 saturated heterocycles. The number of carbonyl (C=O) groups is 1. The van der Waals surface area contributed by atoms with Gasteiger partial charge in [0.15, 0.2) is 0 Å². The zero-order chi connectivity index (χ0) is 21.6. The van der Waals surface area contributed by atoms with Gasteiger partial charge in [0, 0.05) is 26.2 Å². The largest absolute Gasteiger partial charge is 0.338 e. The first-order chi connectivity index (χ1) is 14.5. The number of rotatable bonds is 7. The number of sulfonamides is 1. The Morgan fingerprint density at radius 1 is 1.17 bits per heavy atom. The van der Waals surface area contributed by atoms with Crippen molar-refractivity contribution in [3.63, 3.8) is 0 Å². The molecule has 158 valence electrons. The Hall–Kier alpha value is -2.69. The van der Waals surface area contributed by atoms with E-state index in [1.807, 2.05) is 24.0 Å². The number of benzene rings is 2. The lowest BCUT2D eigenvalue weighted by atomic mass is 9.97. The summed E-state index contributed by atoms with van der Waals surface area (Å²) in [6, 6.07) is 17.7. The highest BCUT2D eigenvalue weighted by Gasteiger charge is 2.34. The van der Waals surface area contributed by atoms with Crippen LogP contribution in [0.2, 0.25) is 0 Å². The summed E-state index contributed by atoms with van der Waals surface area (Å²) in [5.41, 5.74) is 1.54. The molecular formula is C23H27N3O3S. The van der Waals surface area contributed by atoms with Gasteiger partial charge in [-0.1, -0.05) is 37.3 Å². The van der Waals surface area contributed by atoms with Gasteiger partial charge >= 0.3 is 0 Å². The van der Waals surface area contributed by atoms with E-state index in [0.29, 0.717) is 38.0 Å². The van der Waals surface area contributed by atoms with Crippen molar-refractivity contribution in [1.82, 2.24) is 9.21 Å². The molecule has 30 heavy (non-hydrogen) atoms. The molecule has 0 spiro atoms. The number of piperidine rings is 1. The van der Waals surface area contributed by atoms with E-state index < -0.39 is 10.0 Å². The minimum absolute atomic E-state index is 0.00540. The van der Waals surface area contributed by atoms with Crippen molar-refractivity contribution in [2.45, 2.75) is 37.6 Å². The summed E-state index contributed by atoms with van der Waals surface area (Å²) < 4.78 is 27.4. The molecule has 6 nitrogen and oxygen atoms in total. The first-order valence-electron chi connectivity index (χ1n) is 10.3. The molecule has 1 amide bonds. The number of hydrogen-bond donors (Lipinski definition) is 0. The van der Waals surface area contributed by atoms with Crippen molar-refractivity contribution in [2.75, 3.05) is 19.6 Å². The summed E-state index contributed by atoms with van der Waals surface area (Å²) in [7, 11) is -3.60. The summed E-state index contributed by atoms with van der Waals surface area (Å²) in [6.07, 6.45) is 2.17. The van der Waals surface area contributed by atoms with Gasteiger partial charge in [-0.15, -0.1) is 0 Å². The average molecular weight is 426 g/mol. The van der Waals surface area contributed by atoms with E-state index in [1.54, 1.807) is 42.5 Å². The normalized spacial score (nSPS) is 17.3. The molecule has 1 heterocycles. The summed E-state index contributed by atoms with van der Waals surface area (Å²) in [5, 5.41) is 8.96. The second kappa shape index (κ2) is 9.88. The van der Waals surface area contributed by atoms with E-state index in [0.717, 1.165) is 12.0 Å². The fourth-order valence-corrected chi connectivity index (χ4v) is 5.35. The van der Waals surface area contributed by atoms with Gasteiger partial charge in [0.2, 0.25) is 15.9 Å². The van der Waals surface area contributed by atoms with E-state index in [4.69, 9.17) is 5.26 Å². The zero-order valence-electron chi connectivity index (χ0n) is 17.2. The molecule has 0 aliphatic carbocycles. The van der Waals surface area contributed by atoms with Crippen LogP contribution in [-0.2, 0) is 21.4 Å². The molecular weight excluding hydrogens is 398 g/mol. The number of nitriles is 1. The van der Waals surface area contributed by atoms with E-state index in [1.165, 1.54) is 4.31 Å². The summed E-state index contributed by atoms with van der Waals surface area (Å²) >= 11 is 0. The van der Waals surface area contributed by atoms with Gasteiger partial charge in [-0.25, -0.2) is 8.42 Å². The standard InChI is InChI=1S/C23H27N3O3S/c1-2-14-25(17-20-12-10-19(16-24)11-13-20)23(27)21-7-6-15-26(18-21)30(28,29)22-8-4-3-5-9-22/h3-5,8-13,21H,2,6-7,14-15,17-18H2,1H3. The molecule has 3 rings (SSSR count). The molecule has 1 atom stereocenters. The van der Waals surface area contributed by atoms with Crippen molar-refractivity contribution < 1.29 is 13.2 Å². The third-order valence-corrected chi connectivity index (χ3v) is 7.26. The van der Waals surface area contributed by atoms with Gasteiger partial charge in [0.25, 0.3) is 0 Å². The molecule has 0 aromatic heterocycles. The minimum Gasteiger partial charge on any atom is -0.338 e. The van der Waals surface area contributed by atoms with Crippen LogP contribution in [-0.4, -0.2) is 43.2 Å².